The number of hydrogen-bond acceptors (Lipinski definition) is 4. The van der Waals surface area contributed by atoms with E-state index >= 15 is 0 Å². The maximum absolute atomic E-state index is 13.1. The number of aldehydes is 1. The lowest BCUT2D eigenvalue weighted by Gasteiger charge is -2.29. The van der Waals surface area contributed by atoms with Gasteiger partial charge in [0.1, 0.15) is 6.29 Å². The molecule has 1 fully saturated rings. The van der Waals surface area contributed by atoms with Crippen molar-refractivity contribution in [2.45, 2.75) is 25.3 Å². The minimum atomic E-state index is -3.91. The molecule has 2 unspecified atom stereocenters. The molecule has 0 radical (unpaired) electrons. The summed E-state index contributed by atoms with van der Waals surface area (Å²) in [6.07, 6.45) is 17.4. The molecule has 0 bridgehead atoms. The summed E-state index contributed by atoms with van der Waals surface area (Å²) in [6, 6.07) is 0. The Labute approximate surface area is 165 Å². The molecule has 1 saturated carbocycles. The first-order valence-corrected chi connectivity index (χ1v) is 10.4. The van der Waals surface area contributed by atoms with E-state index < -0.39 is 15.6 Å². The summed E-state index contributed by atoms with van der Waals surface area (Å²) < 4.78 is 27.4. The Morgan fingerprint density at radius 2 is 2.18 bits per heavy atom. The second-order valence-corrected chi connectivity index (χ2v) is 9.21. The van der Waals surface area contributed by atoms with Crippen molar-refractivity contribution in [3.8, 4) is 0 Å². The summed E-state index contributed by atoms with van der Waals surface area (Å²) in [4.78, 5) is 12.2. The van der Waals surface area contributed by atoms with Gasteiger partial charge >= 0.3 is 0 Å². The van der Waals surface area contributed by atoms with Crippen LogP contribution in [0.4, 0.5) is 0 Å². The summed E-state index contributed by atoms with van der Waals surface area (Å²) >= 11 is 0. The Morgan fingerprint density at radius 1 is 1.39 bits per heavy atom. The van der Waals surface area contributed by atoms with Gasteiger partial charge in [0.05, 0.1) is 11.3 Å². The highest BCUT2D eigenvalue weighted by Gasteiger charge is 2.62. The minimum absolute atomic E-state index is 0.0254. The normalized spacial score (nSPS) is 26.2. The number of nitrogens with zero attached hydrogens (tertiary/aromatic N) is 1. The molecular formula is C22H23NO4S. The second kappa shape index (κ2) is 7.76. The predicted molar refractivity (Wildman–Crippen MR) is 110 cm³/mol. The molecule has 6 heteroatoms. The van der Waals surface area contributed by atoms with Gasteiger partial charge < -0.3 is 9.90 Å². The lowest BCUT2D eigenvalue weighted by molar-refractivity contribution is -0.112. The zero-order valence-electron chi connectivity index (χ0n) is 15.7. The molecule has 0 spiro atoms. The van der Waals surface area contributed by atoms with Crippen LogP contribution in [-0.4, -0.2) is 36.2 Å². The van der Waals surface area contributed by atoms with E-state index in [0.717, 1.165) is 11.9 Å². The van der Waals surface area contributed by atoms with Crippen molar-refractivity contribution in [2.75, 3.05) is 6.54 Å². The van der Waals surface area contributed by atoms with E-state index in [1.54, 1.807) is 36.5 Å². The van der Waals surface area contributed by atoms with Crippen LogP contribution in [0.15, 0.2) is 88.8 Å². The first kappa shape index (κ1) is 20.1. The fourth-order valence-corrected chi connectivity index (χ4v) is 4.82. The van der Waals surface area contributed by atoms with Gasteiger partial charge in [-0.05, 0) is 42.7 Å². The van der Waals surface area contributed by atoms with Crippen molar-refractivity contribution >= 4 is 16.3 Å². The standard InChI is InChI=1S/C22H23NO4S/c1-17(2)28(26,27)23(15-18-9-7-8-12-20(25)13-18)22(16-24)14-21(22)19-10-5-3-4-6-11-19/h3-5,7-11,13,16,21,25H,1,12,14-15H2,2H3. The highest BCUT2D eigenvalue weighted by Crippen LogP contribution is 2.53. The number of hydrogen-bond donors (Lipinski definition) is 1. The van der Waals surface area contributed by atoms with Crippen molar-refractivity contribution < 1.29 is 18.3 Å². The fraction of sp³-hybridized carbons (Fsp3) is 0.273. The number of sulfonamides is 1. The summed E-state index contributed by atoms with van der Waals surface area (Å²) in [5.41, 5.74) is 3.29. The Kier molecular flexibility index (Phi) is 5.57. The van der Waals surface area contributed by atoms with Gasteiger partial charge in [0.15, 0.2) is 0 Å². The van der Waals surface area contributed by atoms with Crippen LogP contribution in [0, 0.1) is 5.92 Å². The zero-order valence-corrected chi connectivity index (χ0v) is 16.5. The fourth-order valence-electron chi connectivity index (χ4n) is 3.44. The van der Waals surface area contributed by atoms with Gasteiger partial charge in [-0.2, -0.15) is 4.31 Å². The summed E-state index contributed by atoms with van der Waals surface area (Å²) in [5.74, 6) is -0.118. The van der Waals surface area contributed by atoms with E-state index in [-0.39, 0.29) is 23.1 Å². The molecule has 28 heavy (non-hydrogen) atoms. The first-order valence-electron chi connectivity index (χ1n) is 9.00. The van der Waals surface area contributed by atoms with E-state index in [0.29, 0.717) is 18.4 Å². The van der Waals surface area contributed by atoms with Gasteiger partial charge in [-0.25, -0.2) is 8.42 Å². The average molecular weight is 397 g/mol. The smallest absolute Gasteiger partial charge is 0.239 e. The van der Waals surface area contributed by atoms with Crippen molar-refractivity contribution in [1.82, 2.24) is 4.31 Å². The SMILES string of the molecule is C=C(C)S(=O)(=O)N(CC1=CC=CCC(O)=C1)C1(C=O)CC1C1=CC=CC=C=C1. The molecule has 3 aliphatic carbocycles. The lowest BCUT2D eigenvalue weighted by Crippen LogP contribution is -2.46. The molecule has 0 aromatic rings. The minimum Gasteiger partial charge on any atom is -0.512 e. The van der Waals surface area contributed by atoms with Crippen molar-refractivity contribution in [3.05, 3.63) is 88.8 Å². The van der Waals surface area contributed by atoms with Gasteiger partial charge in [-0.15, -0.1) is 5.73 Å². The molecule has 0 aromatic carbocycles. The van der Waals surface area contributed by atoms with Crippen LogP contribution in [-0.2, 0) is 14.8 Å². The van der Waals surface area contributed by atoms with Crippen molar-refractivity contribution in [1.29, 1.82) is 0 Å². The lowest BCUT2D eigenvalue weighted by atomic mass is 10.1. The van der Waals surface area contributed by atoms with Crippen LogP contribution < -0.4 is 0 Å². The molecule has 0 saturated heterocycles. The van der Waals surface area contributed by atoms with Crippen molar-refractivity contribution in [2.24, 2.45) is 5.92 Å². The van der Waals surface area contributed by atoms with Gasteiger partial charge in [0.25, 0.3) is 0 Å². The van der Waals surface area contributed by atoms with Crippen molar-refractivity contribution in [3.63, 3.8) is 0 Å². The molecule has 0 heterocycles. The van der Waals surface area contributed by atoms with E-state index in [2.05, 4.69) is 12.3 Å². The summed E-state index contributed by atoms with van der Waals surface area (Å²) in [6.45, 7) is 5.00. The molecule has 0 aliphatic heterocycles. The van der Waals surface area contributed by atoms with Gasteiger partial charge in [-0.1, -0.05) is 43.0 Å². The van der Waals surface area contributed by atoms with Crippen LogP contribution in [0.2, 0.25) is 0 Å². The first-order chi connectivity index (χ1) is 13.3. The molecular weight excluding hydrogens is 374 g/mol. The van der Waals surface area contributed by atoms with Gasteiger partial charge in [0.2, 0.25) is 10.0 Å². The quantitative estimate of drug-likeness (QED) is 0.526. The molecule has 3 aliphatic rings. The van der Waals surface area contributed by atoms with E-state index in [9.17, 15) is 18.3 Å². The van der Waals surface area contributed by atoms with E-state index in [1.807, 2.05) is 18.2 Å². The molecule has 1 N–H and O–H groups in total. The number of carbonyl (C=O) groups is 1. The third-order valence-electron chi connectivity index (χ3n) is 5.07. The van der Waals surface area contributed by atoms with Crippen LogP contribution in [0.1, 0.15) is 19.8 Å². The van der Waals surface area contributed by atoms with E-state index in [4.69, 9.17) is 0 Å². The molecule has 0 amide bonds. The zero-order chi connectivity index (χ0) is 20.4. The molecule has 146 valence electrons. The Bertz CT molecular complexity index is 1020. The molecule has 0 aromatic heterocycles. The number of allylic oxidation sites excluding steroid dienone is 8. The third kappa shape index (κ3) is 3.80. The maximum atomic E-state index is 13.1. The van der Waals surface area contributed by atoms with E-state index in [1.165, 1.54) is 11.2 Å². The third-order valence-corrected chi connectivity index (χ3v) is 7.00. The predicted octanol–water partition coefficient (Wildman–Crippen LogP) is 3.65. The Morgan fingerprint density at radius 3 is 2.89 bits per heavy atom. The molecule has 2 atom stereocenters. The van der Waals surface area contributed by atoms with Crippen LogP contribution in [0.5, 0.6) is 0 Å². The Balaban J connectivity index is 2.02. The maximum Gasteiger partial charge on any atom is 0.239 e. The summed E-state index contributed by atoms with van der Waals surface area (Å²) in [7, 11) is -3.91. The topological polar surface area (TPSA) is 74.7 Å². The summed E-state index contributed by atoms with van der Waals surface area (Å²) in [5, 5.41) is 9.93. The van der Waals surface area contributed by atoms with Crippen LogP contribution >= 0.6 is 0 Å². The highest BCUT2D eigenvalue weighted by atomic mass is 32.2. The van der Waals surface area contributed by atoms with Crippen LogP contribution in [0.25, 0.3) is 0 Å². The second-order valence-electron chi connectivity index (χ2n) is 7.12. The average Bonchev–Trinajstić information content (AvgIpc) is 3.43. The number of aliphatic hydroxyl groups excluding tert-OH is 1. The monoisotopic (exact) mass is 397 g/mol. The van der Waals surface area contributed by atoms with Gasteiger partial charge in [-0.3, -0.25) is 0 Å². The van der Waals surface area contributed by atoms with Gasteiger partial charge in [0, 0.05) is 23.8 Å². The van der Waals surface area contributed by atoms with Crippen LogP contribution in [0.3, 0.4) is 0 Å². The Hall–Kier alpha value is -2.66. The number of aliphatic hydroxyl groups is 1. The largest absolute Gasteiger partial charge is 0.512 e. The number of carbonyl (C=O) groups excluding carboxylic acids is 1. The molecule has 3 rings (SSSR count). The number of rotatable bonds is 7. The molecule has 5 nitrogen and oxygen atoms in total. The highest BCUT2D eigenvalue weighted by molar-refractivity contribution is 7.93.